The van der Waals surface area contributed by atoms with Crippen molar-refractivity contribution >= 4 is 106 Å². The molecule has 0 bridgehead atoms. The summed E-state index contributed by atoms with van der Waals surface area (Å²) in [6.45, 7) is 0. The molecule has 65 heavy (non-hydrogen) atoms. The van der Waals surface area contributed by atoms with Crippen molar-refractivity contribution in [2.75, 3.05) is 0 Å². The third kappa shape index (κ3) is 5.85. The Morgan fingerprint density at radius 2 is 0.877 bits per heavy atom. The van der Waals surface area contributed by atoms with Gasteiger partial charge in [-0.2, -0.15) is 0 Å². The molecule has 0 atom stereocenters. The molecule has 0 aliphatic heterocycles. The van der Waals surface area contributed by atoms with E-state index in [4.69, 9.17) is 15.0 Å². The third-order valence-electron chi connectivity index (χ3n) is 13.0. The first-order valence-electron chi connectivity index (χ1n) is 21.8. The van der Waals surface area contributed by atoms with Crippen molar-refractivity contribution in [1.82, 2.24) is 19.5 Å². The quantitative estimate of drug-likeness (QED) is 0.173. The first-order valence-corrected chi connectivity index (χ1v) is 23.5. The fraction of sp³-hybridized carbons (Fsp3) is 0. The molecular weight excluding hydrogens is 829 g/mol. The lowest BCUT2D eigenvalue weighted by atomic mass is 10.0. The summed E-state index contributed by atoms with van der Waals surface area (Å²) in [6.07, 6.45) is 0. The molecule has 302 valence electrons. The van der Waals surface area contributed by atoms with Crippen LogP contribution in [-0.4, -0.2) is 19.5 Å². The molecule has 4 nitrogen and oxygen atoms in total. The highest BCUT2D eigenvalue weighted by Crippen LogP contribution is 2.45. The van der Waals surface area contributed by atoms with Crippen LogP contribution >= 0.6 is 22.7 Å². The molecule has 14 rings (SSSR count). The van der Waals surface area contributed by atoms with Crippen molar-refractivity contribution < 1.29 is 0 Å². The summed E-state index contributed by atoms with van der Waals surface area (Å²) in [4.78, 5) is 16.1. The van der Waals surface area contributed by atoms with E-state index in [0.717, 1.165) is 44.5 Å². The van der Waals surface area contributed by atoms with Crippen LogP contribution in [0.15, 0.2) is 206 Å². The maximum absolute atomic E-state index is 5.42. The van der Waals surface area contributed by atoms with Crippen molar-refractivity contribution in [2.45, 2.75) is 0 Å². The molecule has 14 aromatic rings. The molecule has 0 saturated heterocycles. The third-order valence-corrected chi connectivity index (χ3v) is 15.2. The highest BCUT2D eigenvalue weighted by atomic mass is 32.1. The van der Waals surface area contributed by atoms with E-state index in [-0.39, 0.29) is 0 Å². The minimum Gasteiger partial charge on any atom is -0.309 e. The Labute approximate surface area is 381 Å². The fourth-order valence-corrected chi connectivity index (χ4v) is 12.2. The topological polar surface area (TPSA) is 43.6 Å². The van der Waals surface area contributed by atoms with E-state index >= 15 is 0 Å². The number of benzene rings is 10. The van der Waals surface area contributed by atoms with Gasteiger partial charge in [-0.15, -0.1) is 22.7 Å². The second-order valence-electron chi connectivity index (χ2n) is 16.8. The first kappa shape index (κ1) is 36.5. The van der Waals surface area contributed by atoms with Gasteiger partial charge in [0.1, 0.15) is 0 Å². The second kappa shape index (κ2) is 14.2. The van der Waals surface area contributed by atoms with Gasteiger partial charge >= 0.3 is 0 Å². The number of fused-ring (bicyclic) bond motifs is 11. The standard InChI is InChI=1S/C59H34N4S2/c1-2-13-35(14-3-1)36-19-12-20-41(27-36)57-60-58(42-25-26-53-47(30-42)45-22-9-11-24-52(45)64-53)62-59(61-57)43-32-51(56-48-29-38-16-5-7-18-40(38)33-54(48)65-55(56)34-43)63-49-23-10-8-21-44(49)46-28-37-15-4-6-17-39(37)31-50(46)63/h1-34H. The highest BCUT2D eigenvalue weighted by Gasteiger charge is 2.22. The SMILES string of the molecule is c1ccc(-c2cccc(-c3nc(-c4cc(-n5c6ccccc6c6cc7ccccc7cc65)c5c(c4)sc4cc6ccccc6cc45)nc(-c4ccc5sc6ccccc6c5c4)n3)c2)cc1. The summed E-state index contributed by atoms with van der Waals surface area (Å²) in [5.41, 5.74) is 8.49. The minimum atomic E-state index is 0.627. The fourth-order valence-electron chi connectivity index (χ4n) is 9.89. The molecule has 0 aliphatic carbocycles. The van der Waals surface area contributed by atoms with E-state index < -0.39 is 0 Å². The summed E-state index contributed by atoms with van der Waals surface area (Å²) >= 11 is 3.65. The van der Waals surface area contributed by atoms with Crippen LogP contribution in [-0.2, 0) is 0 Å². The van der Waals surface area contributed by atoms with Gasteiger partial charge < -0.3 is 4.57 Å². The Morgan fingerprint density at radius 3 is 1.68 bits per heavy atom. The van der Waals surface area contributed by atoms with Gasteiger partial charge in [0, 0.05) is 67.8 Å². The summed E-state index contributed by atoms with van der Waals surface area (Å²) in [7, 11) is 0. The molecule has 4 aromatic heterocycles. The lowest BCUT2D eigenvalue weighted by Crippen LogP contribution is -2.01. The van der Waals surface area contributed by atoms with Crippen LogP contribution in [0, 0.1) is 0 Å². The molecule has 4 heterocycles. The van der Waals surface area contributed by atoms with Crippen LogP contribution in [0.5, 0.6) is 0 Å². The smallest absolute Gasteiger partial charge is 0.164 e. The van der Waals surface area contributed by atoms with Gasteiger partial charge in [0.2, 0.25) is 0 Å². The average Bonchev–Trinajstić information content (AvgIpc) is 4.03. The van der Waals surface area contributed by atoms with Crippen molar-refractivity contribution in [3.05, 3.63) is 206 Å². The zero-order valence-corrected chi connectivity index (χ0v) is 36.4. The normalized spacial score (nSPS) is 12.0. The Bertz CT molecular complexity index is 4250. The van der Waals surface area contributed by atoms with E-state index in [1.54, 1.807) is 0 Å². The van der Waals surface area contributed by atoms with Crippen LogP contribution in [0.25, 0.3) is 135 Å². The van der Waals surface area contributed by atoms with Gasteiger partial charge in [0.05, 0.1) is 16.7 Å². The van der Waals surface area contributed by atoms with Gasteiger partial charge in [-0.3, -0.25) is 0 Å². The summed E-state index contributed by atoms with van der Waals surface area (Å²) in [6, 6.07) is 74.5. The van der Waals surface area contributed by atoms with Gasteiger partial charge in [-0.1, -0.05) is 133 Å². The number of hydrogen-bond acceptors (Lipinski definition) is 5. The Balaban J connectivity index is 1.07. The van der Waals surface area contributed by atoms with Crippen molar-refractivity contribution in [1.29, 1.82) is 0 Å². The van der Waals surface area contributed by atoms with E-state index in [0.29, 0.717) is 17.5 Å². The molecule has 0 unspecified atom stereocenters. The first-order chi connectivity index (χ1) is 32.2. The molecule has 0 amide bonds. The molecule has 10 aromatic carbocycles. The number of aromatic nitrogens is 4. The summed E-state index contributed by atoms with van der Waals surface area (Å²) in [5, 5.41) is 12.2. The van der Waals surface area contributed by atoms with E-state index in [2.05, 4.69) is 211 Å². The Kier molecular flexibility index (Phi) is 7.99. The molecule has 0 fully saturated rings. The number of para-hydroxylation sites is 1. The Morgan fingerprint density at radius 1 is 0.292 bits per heavy atom. The summed E-state index contributed by atoms with van der Waals surface area (Å²) < 4.78 is 7.41. The molecular formula is C59H34N4S2. The predicted molar refractivity (Wildman–Crippen MR) is 277 cm³/mol. The minimum absolute atomic E-state index is 0.627. The van der Waals surface area contributed by atoms with Crippen LogP contribution in [0.1, 0.15) is 0 Å². The van der Waals surface area contributed by atoms with Crippen LogP contribution in [0.2, 0.25) is 0 Å². The maximum atomic E-state index is 5.42. The van der Waals surface area contributed by atoms with Gasteiger partial charge in [0.25, 0.3) is 0 Å². The van der Waals surface area contributed by atoms with Crippen molar-refractivity contribution in [3.63, 3.8) is 0 Å². The second-order valence-corrected chi connectivity index (χ2v) is 19.0. The van der Waals surface area contributed by atoms with Crippen LogP contribution in [0.4, 0.5) is 0 Å². The van der Waals surface area contributed by atoms with E-state index in [1.807, 2.05) is 22.7 Å². The predicted octanol–water partition coefficient (Wildman–Crippen LogP) is 16.7. The van der Waals surface area contributed by atoms with Gasteiger partial charge in [-0.25, -0.2) is 15.0 Å². The lowest BCUT2D eigenvalue weighted by Gasteiger charge is -2.14. The van der Waals surface area contributed by atoms with Gasteiger partial charge in [-0.05, 0) is 105 Å². The van der Waals surface area contributed by atoms with Crippen molar-refractivity contribution in [2.24, 2.45) is 0 Å². The molecule has 0 N–H and O–H groups in total. The average molecular weight is 863 g/mol. The maximum Gasteiger partial charge on any atom is 0.164 e. The number of thiophene rings is 2. The van der Waals surface area contributed by atoms with E-state index in [1.165, 1.54) is 72.7 Å². The molecule has 6 heteroatoms. The number of rotatable bonds is 5. The van der Waals surface area contributed by atoms with Gasteiger partial charge in [0.15, 0.2) is 17.5 Å². The summed E-state index contributed by atoms with van der Waals surface area (Å²) in [5.74, 6) is 1.90. The molecule has 0 aliphatic rings. The highest BCUT2D eigenvalue weighted by molar-refractivity contribution is 7.26. The van der Waals surface area contributed by atoms with Crippen LogP contribution < -0.4 is 0 Å². The van der Waals surface area contributed by atoms with E-state index in [9.17, 15) is 0 Å². The lowest BCUT2D eigenvalue weighted by molar-refractivity contribution is 1.07. The molecule has 0 saturated carbocycles. The molecule has 0 radical (unpaired) electrons. The molecule has 0 spiro atoms. The number of hydrogen-bond donors (Lipinski definition) is 0. The zero-order valence-electron chi connectivity index (χ0n) is 34.7. The largest absolute Gasteiger partial charge is 0.309 e. The number of nitrogens with zero attached hydrogens (tertiary/aromatic N) is 4. The Hall–Kier alpha value is -8.03. The van der Waals surface area contributed by atoms with Crippen LogP contribution in [0.3, 0.4) is 0 Å². The van der Waals surface area contributed by atoms with Crippen molar-refractivity contribution in [3.8, 4) is 51.0 Å². The zero-order chi connectivity index (χ0) is 42.6. The monoisotopic (exact) mass is 862 g/mol.